The highest BCUT2D eigenvalue weighted by molar-refractivity contribution is 7.13. The zero-order valence-electron chi connectivity index (χ0n) is 19.0. The Morgan fingerprint density at radius 1 is 0.879 bits per heavy atom. The molecule has 2 saturated heterocycles. The maximum atomic E-state index is 13.1. The van der Waals surface area contributed by atoms with Crippen LogP contribution in [0.2, 0.25) is 0 Å². The van der Waals surface area contributed by atoms with Crippen LogP contribution in [0.3, 0.4) is 0 Å². The van der Waals surface area contributed by atoms with Crippen LogP contribution in [-0.4, -0.2) is 71.7 Å². The lowest BCUT2D eigenvalue weighted by Gasteiger charge is -2.38. The fourth-order valence-electron chi connectivity index (χ4n) is 4.79. The van der Waals surface area contributed by atoms with E-state index in [1.54, 1.807) is 11.3 Å². The molecule has 0 radical (unpaired) electrons. The normalized spacial score (nSPS) is 17.9. The number of carbonyl (C=O) groups is 1. The molecular weight excluding hydrogens is 430 g/mol. The molecule has 0 unspecified atom stereocenters. The van der Waals surface area contributed by atoms with Crippen molar-refractivity contribution in [3.63, 3.8) is 0 Å². The SMILES string of the molecule is O=C(C1CCN(c2ccc(-c3cccs3)nn2)CC1)N1CCN(CCc2ccccc2)CC1. The van der Waals surface area contributed by atoms with Gasteiger partial charge >= 0.3 is 0 Å². The minimum Gasteiger partial charge on any atom is -0.355 e. The minimum atomic E-state index is 0.135. The predicted octanol–water partition coefficient (Wildman–Crippen LogP) is 3.81. The van der Waals surface area contributed by atoms with Crippen LogP contribution < -0.4 is 4.90 Å². The third-order valence-electron chi connectivity index (χ3n) is 6.84. The lowest BCUT2D eigenvalue weighted by Crippen LogP contribution is -2.52. The zero-order valence-corrected chi connectivity index (χ0v) is 19.8. The van der Waals surface area contributed by atoms with Crippen LogP contribution in [0.5, 0.6) is 0 Å². The molecule has 5 rings (SSSR count). The number of hydrogen-bond donors (Lipinski definition) is 0. The van der Waals surface area contributed by atoms with Crippen molar-refractivity contribution in [3.8, 4) is 10.6 Å². The Morgan fingerprint density at radius 3 is 2.33 bits per heavy atom. The number of anilines is 1. The first-order valence-corrected chi connectivity index (χ1v) is 12.8. The summed E-state index contributed by atoms with van der Waals surface area (Å²) >= 11 is 1.67. The summed E-state index contributed by atoms with van der Waals surface area (Å²) in [4.78, 5) is 21.1. The average Bonchev–Trinajstić information content (AvgIpc) is 3.43. The molecule has 1 amide bonds. The Balaban J connectivity index is 1.06. The number of benzene rings is 1. The van der Waals surface area contributed by atoms with Gasteiger partial charge < -0.3 is 9.80 Å². The van der Waals surface area contributed by atoms with Crippen LogP contribution in [0.25, 0.3) is 10.6 Å². The molecule has 2 aliphatic rings. The molecule has 2 aliphatic heterocycles. The summed E-state index contributed by atoms with van der Waals surface area (Å²) in [6.45, 7) is 6.44. The van der Waals surface area contributed by atoms with Gasteiger partial charge in [-0.05, 0) is 48.4 Å². The summed E-state index contributed by atoms with van der Waals surface area (Å²) in [7, 11) is 0. The van der Waals surface area contributed by atoms with Crippen molar-refractivity contribution >= 4 is 23.1 Å². The molecule has 0 bridgehead atoms. The summed E-state index contributed by atoms with van der Waals surface area (Å²) in [5, 5.41) is 10.9. The van der Waals surface area contributed by atoms with Gasteiger partial charge in [0.15, 0.2) is 5.82 Å². The Morgan fingerprint density at radius 2 is 1.67 bits per heavy atom. The summed E-state index contributed by atoms with van der Waals surface area (Å²) in [6.07, 6.45) is 2.85. The van der Waals surface area contributed by atoms with Crippen LogP contribution in [0.4, 0.5) is 5.82 Å². The van der Waals surface area contributed by atoms with E-state index in [9.17, 15) is 4.79 Å². The smallest absolute Gasteiger partial charge is 0.225 e. The highest BCUT2D eigenvalue weighted by Crippen LogP contribution is 2.26. The van der Waals surface area contributed by atoms with Gasteiger partial charge in [0.05, 0.1) is 4.88 Å². The maximum Gasteiger partial charge on any atom is 0.225 e. The van der Waals surface area contributed by atoms with E-state index in [0.717, 1.165) is 81.5 Å². The van der Waals surface area contributed by atoms with Crippen LogP contribution >= 0.6 is 11.3 Å². The third kappa shape index (κ3) is 5.42. The van der Waals surface area contributed by atoms with E-state index in [1.807, 2.05) is 12.1 Å². The molecular formula is C26H31N5OS. The lowest BCUT2D eigenvalue weighted by atomic mass is 9.95. The number of thiophene rings is 1. The van der Waals surface area contributed by atoms with Gasteiger partial charge in [-0.2, -0.15) is 0 Å². The molecule has 2 fully saturated rings. The van der Waals surface area contributed by atoms with Gasteiger partial charge in [-0.1, -0.05) is 36.4 Å². The number of rotatable bonds is 6. The molecule has 6 nitrogen and oxygen atoms in total. The second kappa shape index (κ2) is 10.4. The Kier molecular flexibility index (Phi) is 6.98. The van der Waals surface area contributed by atoms with Gasteiger partial charge in [-0.25, -0.2) is 0 Å². The predicted molar refractivity (Wildman–Crippen MR) is 133 cm³/mol. The third-order valence-corrected chi connectivity index (χ3v) is 7.73. The van der Waals surface area contributed by atoms with E-state index >= 15 is 0 Å². The topological polar surface area (TPSA) is 52.6 Å². The number of nitrogens with zero attached hydrogens (tertiary/aromatic N) is 5. The van der Waals surface area contributed by atoms with E-state index in [2.05, 4.69) is 72.7 Å². The Bertz CT molecular complexity index is 1010. The van der Waals surface area contributed by atoms with Gasteiger partial charge in [0.1, 0.15) is 5.69 Å². The molecule has 2 aromatic heterocycles. The van der Waals surface area contributed by atoms with E-state index in [4.69, 9.17) is 0 Å². The first-order chi connectivity index (χ1) is 16.3. The van der Waals surface area contributed by atoms with E-state index in [1.165, 1.54) is 5.56 Å². The van der Waals surface area contributed by atoms with Crippen LogP contribution in [0.15, 0.2) is 60.0 Å². The molecule has 172 valence electrons. The summed E-state index contributed by atoms with van der Waals surface area (Å²) in [5.41, 5.74) is 2.30. The summed E-state index contributed by atoms with van der Waals surface area (Å²) in [6, 6.07) is 18.8. The van der Waals surface area contributed by atoms with Crippen LogP contribution in [0, 0.1) is 5.92 Å². The van der Waals surface area contributed by atoms with Crippen molar-refractivity contribution in [1.82, 2.24) is 20.0 Å². The van der Waals surface area contributed by atoms with Gasteiger partial charge in [-0.3, -0.25) is 9.69 Å². The maximum absolute atomic E-state index is 13.1. The monoisotopic (exact) mass is 461 g/mol. The molecule has 0 spiro atoms. The number of piperidine rings is 1. The molecule has 0 saturated carbocycles. The highest BCUT2D eigenvalue weighted by atomic mass is 32.1. The fraction of sp³-hybridized carbons (Fsp3) is 0.423. The second-order valence-corrected chi connectivity index (χ2v) is 9.87. The molecule has 3 aromatic rings. The highest BCUT2D eigenvalue weighted by Gasteiger charge is 2.30. The molecule has 7 heteroatoms. The number of amides is 1. The fourth-order valence-corrected chi connectivity index (χ4v) is 5.48. The Hall–Kier alpha value is -2.77. The number of carbonyl (C=O) groups excluding carboxylic acids is 1. The van der Waals surface area contributed by atoms with Gasteiger partial charge in [0.25, 0.3) is 0 Å². The molecule has 0 N–H and O–H groups in total. The number of hydrogen-bond acceptors (Lipinski definition) is 6. The van der Waals surface area contributed by atoms with Crippen LogP contribution in [-0.2, 0) is 11.2 Å². The van der Waals surface area contributed by atoms with Crippen molar-refractivity contribution in [2.24, 2.45) is 5.92 Å². The number of piperazine rings is 1. The standard InChI is InChI=1S/C26H31N5OS/c32-26(31-18-16-29(17-19-31)13-10-21-5-2-1-3-6-21)22-11-14-30(15-12-22)25-9-8-23(27-28-25)24-7-4-20-33-24/h1-9,20,22H,10-19H2. The lowest BCUT2D eigenvalue weighted by molar-refractivity contribution is -0.138. The minimum absolute atomic E-state index is 0.135. The van der Waals surface area contributed by atoms with Crippen molar-refractivity contribution < 1.29 is 4.79 Å². The molecule has 4 heterocycles. The Labute approximate surface area is 199 Å². The van der Waals surface area contributed by atoms with Gasteiger partial charge in [0, 0.05) is 51.7 Å². The first kappa shape index (κ1) is 22.0. The van der Waals surface area contributed by atoms with Crippen molar-refractivity contribution in [1.29, 1.82) is 0 Å². The van der Waals surface area contributed by atoms with Gasteiger partial charge in [0.2, 0.25) is 5.91 Å². The van der Waals surface area contributed by atoms with Crippen molar-refractivity contribution in [3.05, 3.63) is 65.5 Å². The van der Waals surface area contributed by atoms with Crippen molar-refractivity contribution in [2.75, 3.05) is 50.7 Å². The van der Waals surface area contributed by atoms with Crippen LogP contribution in [0.1, 0.15) is 18.4 Å². The van der Waals surface area contributed by atoms with E-state index in [0.29, 0.717) is 5.91 Å². The average molecular weight is 462 g/mol. The molecule has 1 aromatic carbocycles. The molecule has 0 atom stereocenters. The molecule has 0 aliphatic carbocycles. The van der Waals surface area contributed by atoms with E-state index < -0.39 is 0 Å². The van der Waals surface area contributed by atoms with Gasteiger partial charge in [-0.15, -0.1) is 21.5 Å². The summed E-state index contributed by atoms with van der Waals surface area (Å²) < 4.78 is 0. The largest absolute Gasteiger partial charge is 0.355 e. The second-order valence-electron chi connectivity index (χ2n) is 8.92. The quantitative estimate of drug-likeness (QED) is 0.559. The number of aromatic nitrogens is 2. The zero-order chi connectivity index (χ0) is 22.5. The first-order valence-electron chi connectivity index (χ1n) is 11.9. The van der Waals surface area contributed by atoms with Crippen molar-refractivity contribution in [2.45, 2.75) is 19.3 Å². The van der Waals surface area contributed by atoms with E-state index in [-0.39, 0.29) is 5.92 Å². The summed E-state index contributed by atoms with van der Waals surface area (Å²) in [5.74, 6) is 1.39. The molecule has 33 heavy (non-hydrogen) atoms.